The standard InChI is InChI=1S/C34H37F2N5O3/c1-19-27(43-2)12-21-6-3-4-7-24(21)28(19)31-29(36)30-25(14-37-31)32(40-15-20-10-22(16-40)26(42)11-20)39-33(38-30)44-18-34-8-5-9-41(34)17-23(35)13-34/h3-4,6-7,12,14,20,22-23,26,42H,5,8-11,13,15-18H2,1-2H3/t20?,22?,23-,26?,34+/m1/s1. The van der Waals surface area contributed by atoms with Crippen LogP contribution in [0.3, 0.4) is 0 Å². The van der Waals surface area contributed by atoms with Crippen LogP contribution in [0.5, 0.6) is 11.8 Å². The molecule has 8 rings (SSSR count). The van der Waals surface area contributed by atoms with E-state index < -0.39 is 12.0 Å². The number of hydrogen-bond acceptors (Lipinski definition) is 8. The lowest BCUT2D eigenvalue weighted by Crippen LogP contribution is -2.43. The maximum Gasteiger partial charge on any atom is 0.319 e. The van der Waals surface area contributed by atoms with Gasteiger partial charge in [-0.3, -0.25) is 9.88 Å². The van der Waals surface area contributed by atoms with E-state index >= 15 is 4.39 Å². The van der Waals surface area contributed by atoms with Crippen molar-refractivity contribution in [2.24, 2.45) is 11.8 Å². The smallest absolute Gasteiger partial charge is 0.319 e. The van der Waals surface area contributed by atoms with Crippen LogP contribution in [0.15, 0.2) is 36.5 Å². The van der Waals surface area contributed by atoms with E-state index in [1.807, 2.05) is 37.3 Å². The van der Waals surface area contributed by atoms with Crippen molar-refractivity contribution < 1.29 is 23.4 Å². The molecule has 1 aliphatic carbocycles. The van der Waals surface area contributed by atoms with E-state index in [1.165, 1.54) is 0 Å². The van der Waals surface area contributed by atoms with Crippen LogP contribution in [0.25, 0.3) is 32.9 Å². The first kappa shape index (κ1) is 27.9. The van der Waals surface area contributed by atoms with Crippen molar-refractivity contribution in [3.63, 3.8) is 0 Å². The number of alkyl halides is 1. The van der Waals surface area contributed by atoms with Gasteiger partial charge in [0.1, 0.15) is 35.6 Å². The van der Waals surface area contributed by atoms with Crippen LogP contribution in [0, 0.1) is 24.6 Å². The van der Waals surface area contributed by atoms with Gasteiger partial charge in [-0.25, -0.2) is 8.78 Å². The van der Waals surface area contributed by atoms with Crippen molar-refractivity contribution in [2.45, 2.75) is 56.8 Å². The highest BCUT2D eigenvalue weighted by Gasteiger charge is 2.49. The van der Waals surface area contributed by atoms with Crippen molar-refractivity contribution in [2.75, 3.05) is 44.8 Å². The molecule has 8 nitrogen and oxygen atoms in total. The van der Waals surface area contributed by atoms with Gasteiger partial charge in [0.25, 0.3) is 0 Å². The summed E-state index contributed by atoms with van der Waals surface area (Å²) >= 11 is 0. The lowest BCUT2D eigenvalue weighted by atomic mass is 9.95. The summed E-state index contributed by atoms with van der Waals surface area (Å²) in [6.45, 7) is 4.76. The molecule has 4 fully saturated rings. The Hall–Kier alpha value is -3.63. The zero-order valence-corrected chi connectivity index (χ0v) is 25.1. The van der Waals surface area contributed by atoms with E-state index in [2.05, 4.69) is 14.8 Å². The number of halogens is 2. The number of methoxy groups -OCH3 is 1. The number of pyridine rings is 1. The number of aliphatic hydroxyl groups is 1. The predicted octanol–water partition coefficient (Wildman–Crippen LogP) is 5.46. The second kappa shape index (κ2) is 10.5. The molecule has 0 spiro atoms. The number of benzene rings is 2. The quantitative estimate of drug-likeness (QED) is 0.312. The van der Waals surface area contributed by atoms with E-state index in [4.69, 9.17) is 19.4 Å². The summed E-state index contributed by atoms with van der Waals surface area (Å²) in [6, 6.07) is 9.84. The summed E-state index contributed by atoms with van der Waals surface area (Å²) in [5.41, 5.74) is 1.38. The monoisotopic (exact) mass is 601 g/mol. The van der Waals surface area contributed by atoms with Gasteiger partial charge in [-0.1, -0.05) is 24.3 Å². The van der Waals surface area contributed by atoms with Gasteiger partial charge >= 0.3 is 6.01 Å². The molecule has 3 saturated heterocycles. The second-order valence-electron chi connectivity index (χ2n) is 13.2. The van der Waals surface area contributed by atoms with Gasteiger partial charge in [-0.05, 0) is 61.9 Å². The van der Waals surface area contributed by atoms with E-state index in [0.29, 0.717) is 54.5 Å². The number of aliphatic hydroxyl groups excluding tert-OH is 1. The first-order valence-electron chi connectivity index (χ1n) is 15.7. The van der Waals surface area contributed by atoms with Gasteiger partial charge in [0, 0.05) is 49.3 Å². The summed E-state index contributed by atoms with van der Waals surface area (Å²) in [7, 11) is 1.61. The summed E-state index contributed by atoms with van der Waals surface area (Å²) < 4.78 is 43.3. The number of anilines is 1. The molecule has 3 aliphatic heterocycles. The Labute approximate surface area is 255 Å². The number of rotatable bonds is 6. The highest BCUT2D eigenvalue weighted by Crippen LogP contribution is 2.44. The molecule has 4 aliphatic rings. The van der Waals surface area contributed by atoms with Gasteiger partial charge in [-0.15, -0.1) is 0 Å². The first-order valence-corrected chi connectivity index (χ1v) is 15.7. The Morgan fingerprint density at radius 3 is 2.82 bits per heavy atom. The predicted molar refractivity (Wildman–Crippen MR) is 165 cm³/mol. The topological polar surface area (TPSA) is 83.8 Å². The number of piperidine rings is 1. The highest BCUT2D eigenvalue weighted by atomic mass is 19.1. The Morgan fingerprint density at radius 2 is 1.98 bits per heavy atom. The molecule has 2 aromatic carbocycles. The SMILES string of the molecule is COc1cc2ccccc2c(-c2ncc3c(N4CC5CC(O)C(C5)C4)nc(OC[C@@]45CCCN4C[C@H](F)C5)nc3c2F)c1C. The fourth-order valence-electron chi connectivity index (χ4n) is 8.49. The van der Waals surface area contributed by atoms with Gasteiger partial charge in [-0.2, -0.15) is 9.97 Å². The molecule has 5 heterocycles. The molecule has 2 aromatic heterocycles. The molecule has 44 heavy (non-hydrogen) atoms. The third-order valence-electron chi connectivity index (χ3n) is 10.6. The molecule has 1 saturated carbocycles. The Morgan fingerprint density at radius 1 is 1.11 bits per heavy atom. The molecule has 0 radical (unpaired) electrons. The minimum absolute atomic E-state index is 0.0813. The number of fused-ring (bicyclic) bond motifs is 5. The van der Waals surface area contributed by atoms with E-state index in [9.17, 15) is 9.50 Å². The average molecular weight is 602 g/mol. The molecule has 0 amide bonds. The molecular formula is C34H37F2N5O3. The van der Waals surface area contributed by atoms with Crippen molar-refractivity contribution >= 4 is 27.5 Å². The number of hydrogen-bond donors (Lipinski definition) is 1. The van der Waals surface area contributed by atoms with Gasteiger partial charge in [0.15, 0.2) is 5.82 Å². The first-order chi connectivity index (χ1) is 21.3. The van der Waals surface area contributed by atoms with Crippen molar-refractivity contribution in [1.82, 2.24) is 19.9 Å². The van der Waals surface area contributed by atoms with Gasteiger partial charge in [0.2, 0.25) is 0 Å². The number of nitrogens with zero attached hydrogens (tertiary/aromatic N) is 5. The Balaban J connectivity index is 1.27. The van der Waals surface area contributed by atoms with Crippen molar-refractivity contribution in [3.05, 3.63) is 47.9 Å². The number of ether oxygens (including phenoxy) is 2. The number of aromatic nitrogens is 3. The maximum absolute atomic E-state index is 16.9. The van der Waals surface area contributed by atoms with E-state index in [-0.39, 0.29) is 41.4 Å². The average Bonchev–Trinajstić information content (AvgIpc) is 3.64. The molecule has 2 bridgehead atoms. The van der Waals surface area contributed by atoms with Crippen LogP contribution in [0.4, 0.5) is 14.6 Å². The van der Waals surface area contributed by atoms with Gasteiger partial charge < -0.3 is 19.5 Å². The van der Waals surface area contributed by atoms with Crippen LogP contribution in [-0.2, 0) is 0 Å². The Bertz CT molecular complexity index is 1770. The maximum atomic E-state index is 16.9. The summed E-state index contributed by atoms with van der Waals surface area (Å²) in [4.78, 5) is 18.5. The lowest BCUT2D eigenvalue weighted by molar-refractivity contribution is 0.107. The molecular weight excluding hydrogens is 564 g/mol. The van der Waals surface area contributed by atoms with Crippen molar-refractivity contribution in [3.8, 4) is 23.0 Å². The highest BCUT2D eigenvalue weighted by molar-refractivity contribution is 6.01. The molecule has 1 N–H and O–H groups in total. The minimum atomic E-state index is -0.880. The van der Waals surface area contributed by atoms with Crippen LogP contribution in [0.2, 0.25) is 0 Å². The molecule has 3 unspecified atom stereocenters. The zero-order chi connectivity index (χ0) is 30.2. The van der Waals surface area contributed by atoms with Crippen LogP contribution in [-0.4, -0.2) is 82.7 Å². The fourth-order valence-corrected chi connectivity index (χ4v) is 8.49. The van der Waals surface area contributed by atoms with E-state index in [0.717, 1.165) is 48.6 Å². The molecule has 5 atom stereocenters. The molecule has 230 valence electrons. The zero-order valence-electron chi connectivity index (χ0n) is 25.1. The van der Waals surface area contributed by atoms with Crippen LogP contribution >= 0.6 is 0 Å². The van der Waals surface area contributed by atoms with Gasteiger partial charge in [0.05, 0.1) is 24.1 Å². The summed E-state index contributed by atoms with van der Waals surface area (Å²) in [5.74, 6) is 1.14. The largest absolute Gasteiger partial charge is 0.496 e. The van der Waals surface area contributed by atoms with E-state index in [1.54, 1.807) is 13.3 Å². The molecule has 4 aromatic rings. The molecule has 10 heteroatoms. The minimum Gasteiger partial charge on any atom is -0.496 e. The Kier molecular flexibility index (Phi) is 6.64. The second-order valence-corrected chi connectivity index (χ2v) is 13.2. The van der Waals surface area contributed by atoms with Crippen molar-refractivity contribution in [1.29, 1.82) is 0 Å². The third-order valence-corrected chi connectivity index (χ3v) is 10.6. The third kappa shape index (κ3) is 4.40. The summed E-state index contributed by atoms with van der Waals surface area (Å²) in [6.07, 6.45) is 4.45. The normalized spacial score (nSPS) is 28.2. The summed E-state index contributed by atoms with van der Waals surface area (Å²) in [5, 5.41) is 12.9. The lowest BCUT2D eigenvalue weighted by Gasteiger charge is -2.34. The van der Waals surface area contributed by atoms with Crippen LogP contribution < -0.4 is 14.4 Å². The fraction of sp³-hybridized carbons (Fsp3) is 0.500. The van der Waals surface area contributed by atoms with Crippen LogP contribution in [0.1, 0.15) is 37.7 Å².